The predicted molar refractivity (Wildman–Crippen MR) is 85.2 cm³/mol. The molecule has 2 aromatic carbocycles. The normalized spacial score (nSPS) is 13.7. The Morgan fingerprint density at radius 1 is 1.14 bits per heavy atom. The van der Waals surface area contributed by atoms with Gasteiger partial charge in [-0.3, -0.25) is 4.79 Å². The van der Waals surface area contributed by atoms with Gasteiger partial charge in [-0.15, -0.1) is 11.6 Å². The highest BCUT2D eigenvalue weighted by Gasteiger charge is 2.18. The Kier molecular flexibility index (Phi) is 5.13. The summed E-state index contributed by atoms with van der Waals surface area (Å²) in [4.78, 5) is 12.0. The van der Waals surface area contributed by atoms with Crippen LogP contribution in [-0.2, 0) is 4.79 Å². The SMILES string of the molecule is CC(Cl)CC(=O)C(C)c1ccc(-c2ccccc2)c(F)c1. The molecule has 0 bridgehead atoms. The van der Waals surface area contributed by atoms with E-state index in [0.29, 0.717) is 17.5 Å². The van der Waals surface area contributed by atoms with Gasteiger partial charge < -0.3 is 0 Å². The van der Waals surface area contributed by atoms with E-state index in [1.54, 1.807) is 19.9 Å². The summed E-state index contributed by atoms with van der Waals surface area (Å²) in [6.07, 6.45) is 0.296. The van der Waals surface area contributed by atoms with Gasteiger partial charge >= 0.3 is 0 Å². The van der Waals surface area contributed by atoms with Crippen molar-refractivity contribution in [2.24, 2.45) is 0 Å². The number of hydrogen-bond acceptors (Lipinski definition) is 1. The van der Waals surface area contributed by atoms with E-state index >= 15 is 0 Å². The minimum absolute atomic E-state index is 0.0318. The lowest BCUT2D eigenvalue weighted by atomic mass is 9.92. The third-order valence-electron chi connectivity index (χ3n) is 3.54. The summed E-state index contributed by atoms with van der Waals surface area (Å²) in [5, 5.41) is -0.201. The van der Waals surface area contributed by atoms with E-state index < -0.39 is 0 Å². The van der Waals surface area contributed by atoms with Crippen LogP contribution in [0.25, 0.3) is 11.1 Å². The average Bonchev–Trinajstić information content (AvgIpc) is 2.46. The monoisotopic (exact) mass is 304 g/mol. The maximum Gasteiger partial charge on any atom is 0.141 e. The number of carbonyl (C=O) groups is 1. The molecular weight excluding hydrogens is 287 g/mol. The van der Waals surface area contributed by atoms with E-state index in [0.717, 1.165) is 5.56 Å². The standard InChI is InChI=1S/C18H18ClFO/c1-12(19)10-18(21)13(2)15-8-9-16(17(20)11-15)14-6-4-3-5-7-14/h3-9,11-13H,10H2,1-2H3. The highest BCUT2D eigenvalue weighted by atomic mass is 35.5. The molecule has 3 heteroatoms. The van der Waals surface area contributed by atoms with Gasteiger partial charge in [0.25, 0.3) is 0 Å². The van der Waals surface area contributed by atoms with Crippen LogP contribution in [0.1, 0.15) is 31.7 Å². The molecule has 0 N–H and O–H groups in total. The van der Waals surface area contributed by atoms with E-state index in [1.807, 2.05) is 36.4 Å². The summed E-state index contributed by atoms with van der Waals surface area (Å²) >= 11 is 5.85. The van der Waals surface area contributed by atoms with Crippen LogP contribution in [-0.4, -0.2) is 11.2 Å². The van der Waals surface area contributed by atoms with Crippen molar-refractivity contribution in [3.63, 3.8) is 0 Å². The van der Waals surface area contributed by atoms with Gasteiger partial charge in [-0.1, -0.05) is 49.4 Å². The Bertz CT molecular complexity index is 622. The largest absolute Gasteiger partial charge is 0.299 e. The summed E-state index contributed by atoms with van der Waals surface area (Å²) in [6, 6.07) is 14.4. The zero-order valence-corrected chi connectivity index (χ0v) is 12.9. The molecular formula is C18H18ClFO. The lowest BCUT2D eigenvalue weighted by molar-refractivity contribution is -0.120. The third-order valence-corrected chi connectivity index (χ3v) is 3.70. The fraction of sp³-hybridized carbons (Fsp3) is 0.278. The van der Waals surface area contributed by atoms with Crippen LogP contribution in [0.4, 0.5) is 4.39 Å². The second kappa shape index (κ2) is 6.86. The van der Waals surface area contributed by atoms with Crippen LogP contribution >= 0.6 is 11.6 Å². The smallest absolute Gasteiger partial charge is 0.141 e. The van der Waals surface area contributed by atoms with E-state index in [2.05, 4.69) is 0 Å². The number of alkyl halides is 1. The Hall–Kier alpha value is -1.67. The molecule has 0 spiro atoms. The highest BCUT2D eigenvalue weighted by molar-refractivity contribution is 6.21. The molecule has 2 aromatic rings. The van der Waals surface area contributed by atoms with Gasteiger partial charge in [-0.2, -0.15) is 0 Å². The summed E-state index contributed by atoms with van der Waals surface area (Å²) in [6.45, 7) is 3.57. The van der Waals surface area contributed by atoms with Crippen molar-refractivity contribution < 1.29 is 9.18 Å². The Balaban J connectivity index is 2.25. The summed E-state index contributed by atoms with van der Waals surface area (Å²) < 4.78 is 14.3. The molecule has 1 nitrogen and oxygen atoms in total. The number of benzene rings is 2. The molecule has 0 heterocycles. The van der Waals surface area contributed by atoms with Gasteiger partial charge in [0, 0.05) is 23.3 Å². The molecule has 0 radical (unpaired) electrons. The lowest BCUT2D eigenvalue weighted by Crippen LogP contribution is -2.13. The molecule has 0 aliphatic carbocycles. The molecule has 2 unspecified atom stereocenters. The second-order valence-corrected chi connectivity index (χ2v) is 6.02. The van der Waals surface area contributed by atoms with Gasteiger partial charge in [-0.25, -0.2) is 4.39 Å². The van der Waals surface area contributed by atoms with Gasteiger partial charge in [0.15, 0.2) is 0 Å². The van der Waals surface area contributed by atoms with Crippen LogP contribution in [0, 0.1) is 5.82 Å². The van der Waals surface area contributed by atoms with Crippen LogP contribution < -0.4 is 0 Å². The van der Waals surface area contributed by atoms with Crippen molar-refractivity contribution in [1.82, 2.24) is 0 Å². The Morgan fingerprint density at radius 2 is 1.81 bits per heavy atom. The molecule has 0 fully saturated rings. The topological polar surface area (TPSA) is 17.1 Å². The van der Waals surface area contributed by atoms with Crippen molar-refractivity contribution >= 4 is 17.4 Å². The first kappa shape index (κ1) is 15.7. The van der Waals surface area contributed by atoms with Gasteiger partial charge in [0.2, 0.25) is 0 Å². The molecule has 2 rings (SSSR count). The minimum atomic E-state index is -0.342. The number of carbonyl (C=O) groups excluding carboxylic acids is 1. The summed E-state index contributed by atoms with van der Waals surface area (Å²) in [5.41, 5.74) is 2.06. The van der Waals surface area contributed by atoms with E-state index in [1.165, 1.54) is 6.07 Å². The van der Waals surface area contributed by atoms with Crippen LogP contribution in [0.15, 0.2) is 48.5 Å². The first-order chi connectivity index (χ1) is 9.99. The number of Topliss-reactive ketones (excluding diaryl/α,β-unsaturated/α-hetero) is 1. The molecule has 0 aliphatic heterocycles. The first-order valence-corrected chi connectivity index (χ1v) is 7.44. The quantitative estimate of drug-likeness (QED) is 0.695. The van der Waals surface area contributed by atoms with E-state index in [9.17, 15) is 9.18 Å². The number of halogens is 2. The van der Waals surface area contributed by atoms with Crippen molar-refractivity contribution in [3.8, 4) is 11.1 Å². The maximum absolute atomic E-state index is 14.3. The molecule has 0 amide bonds. The lowest BCUT2D eigenvalue weighted by Gasteiger charge is -2.13. The minimum Gasteiger partial charge on any atom is -0.299 e. The predicted octanol–water partition coefficient (Wildman–Crippen LogP) is 5.18. The molecule has 0 saturated heterocycles. The van der Waals surface area contributed by atoms with Crippen molar-refractivity contribution in [3.05, 3.63) is 59.9 Å². The fourth-order valence-electron chi connectivity index (χ4n) is 2.29. The second-order valence-electron chi connectivity index (χ2n) is 5.28. The van der Waals surface area contributed by atoms with Crippen LogP contribution in [0.3, 0.4) is 0 Å². The summed E-state index contributed by atoms with van der Waals surface area (Å²) in [5.74, 6) is -0.618. The Morgan fingerprint density at radius 3 is 2.38 bits per heavy atom. The zero-order valence-electron chi connectivity index (χ0n) is 12.1. The molecule has 110 valence electrons. The van der Waals surface area contributed by atoms with Gasteiger partial charge in [-0.05, 0) is 24.1 Å². The molecule has 0 saturated carbocycles. The fourth-order valence-corrected chi connectivity index (χ4v) is 2.44. The first-order valence-electron chi connectivity index (χ1n) is 7.00. The van der Waals surface area contributed by atoms with E-state index in [4.69, 9.17) is 11.6 Å². The molecule has 21 heavy (non-hydrogen) atoms. The third kappa shape index (κ3) is 3.92. The number of rotatable bonds is 5. The average molecular weight is 305 g/mol. The summed E-state index contributed by atoms with van der Waals surface area (Å²) in [7, 11) is 0. The highest BCUT2D eigenvalue weighted by Crippen LogP contribution is 2.27. The molecule has 2 atom stereocenters. The van der Waals surface area contributed by atoms with Crippen molar-refractivity contribution in [2.45, 2.75) is 31.6 Å². The van der Waals surface area contributed by atoms with Crippen molar-refractivity contribution in [2.75, 3.05) is 0 Å². The maximum atomic E-state index is 14.3. The van der Waals surface area contributed by atoms with Gasteiger partial charge in [0.05, 0.1) is 0 Å². The van der Waals surface area contributed by atoms with Crippen LogP contribution in [0.2, 0.25) is 0 Å². The van der Waals surface area contributed by atoms with E-state index in [-0.39, 0.29) is 22.9 Å². The number of hydrogen-bond donors (Lipinski definition) is 0. The Labute approximate surface area is 129 Å². The number of ketones is 1. The zero-order chi connectivity index (χ0) is 15.4. The molecule has 0 aliphatic rings. The van der Waals surface area contributed by atoms with Crippen molar-refractivity contribution in [1.29, 1.82) is 0 Å². The van der Waals surface area contributed by atoms with Gasteiger partial charge in [0.1, 0.15) is 11.6 Å². The van der Waals surface area contributed by atoms with Crippen LogP contribution in [0.5, 0.6) is 0 Å². The molecule has 0 aromatic heterocycles.